The van der Waals surface area contributed by atoms with Gasteiger partial charge in [-0.3, -0.25) is 0 Å². The first kappa shape index (κ1) is 24.9. The van der Waals surface area contributed by atoms with E-state index in [9.17, 15) is 26.4 Å². The minimum absolute atomic E-state index is 0.155. The van der Waals surface area contributed by atoms with Crippen molar-refractivity contribution in [3.05, 3.63) is 53.1 Å². The molecular formula is C20H20ClF3N2O6S. The highest BCUT2D eigenvalue weighted by Crippen LogP contribution is 2.32. The van der Waals surface area contributed by atoms with E-state index >= 15 is 0 Å². The van der Waals surface area contributed by atoms with E-state index in [1.54, 1.807) is 18.2 Å². The first-order chi connectivity index (χ1) is 15.4. The van der Waals surface area contributed by atoms with Crippen LogP contribution < -0.4 is 14.4 Å². The van der Waals surface area contributed by atoms with Gasteiger partial charge in [-0.15, -0.1) is 13.2 Å². The normalized spacial score (nSPS) is 15.3. The average molecular weight is 509 g/mol. The van der Waals surface area contributed by atoms with E-state index < -0.39 is 34.7 Å². The molecule has 0 amide bonds. The summed E-state index contributed by atoms with van der Waals surface area (Å²) in [4.78, 5) is 12.7. The van der Waals surface area contributed by atoms with E-state index in [2.05, 4.69) is 4.74 Å². The Balaban J connectivity index is 1.63. The summed E-state index contributed by atoms with van der Waals surface area (Å²) in [6.45, 7) is 0.392. The van der Waals surface area contributed by atoms with Crippen LogP contribution in [0.4, 0.5) is 18.9 Å². The lowest BCUT2D eigenvalue weighted by Crippen LogP contribution is -2.49. The number of aliphatic carboxylic acids is 1. The molecule has 0 radical (unpaired) electrons. The van der Waals surface area contributed by atoms with Crippen LogP contribution in [0.25, 0.3) is 0 Å². The van der Waals surface area contributed by atoms with E-state index in [4.69, 9.17) is 21.4 Å². The Labute approximate surface area is 193 Å². The molecule has 2 aromatic rings. The van der Waals surface area contributed by atoms with Crippen LogP contribution in [0, 0.1) is 0 Å². The molecule has 1 N–H and O–H groups in total. The molecule has 0 aromatic heterocycles. The summed E-state index contributed by atoms with van der Waals surface area (Å²) in [5.41, 5.74) is 0.882. The number of piperazine rings is 1. The molecule has 8 nitrogen and oxygen atoms in total. The molecule has 1 aliphatic rings. The van der Waals surface area contributed by atoms with Crippen molar-refractivity contribution in [1.82, 2.24) is 4.31 Å². The van der Waals surface area contributed by atoms with E-state index in [-0.39, 0.29) is 18.8 Å². The van der Waals surface area contributed by atoms with Gasteiger partial charge in [0.1, 0.15) is 11.5 Å². The zero-order valence-electron chi connectivity index (χ0n) is 17.1. The van der Waals surface area contributed by atoms with Gasteiger partial charge >= 0.3 is 12.3 Å². The van der Waals surface area contributed by atoms with Gasteiger partial charge in [0.25, 0.3) is 0 Å². The van der Waals surface area contributed by atoms with E-state index in [0.717, 1.165) is 12.1 Å². The lowest BCUT2D eigenvalue weighted by molar-refractivity contribution is -0.274. The quantitative estimate of drug-likeness (QED) is 0.584. The fraction of sp³-hybridized carbons (Fsp3) is 0.350. The Bertz CT molecular complexity index is 1090. The molecule has 0 aliphatic carbocycles. The smallest absolute Gasteiger partial charge is 0.480 e. The van der Waals surface area contributed by atoms with Crippen molar-refractivity contribution in [2.75, 3.05) is 37.7 Å². The SMILES string of the molecule is O=C(O)COc1ccc(Cl)cc1N1CCN(S(=O)(=O)Cc2ccc(OC(F)(F)F)cc2)CC1. The highest BCUT2D eigenvalue weighted by molar-refractivity contribution is 7.88. The van der Waals surface area contributed by atoms with Crippen LogP contribution in [0.1, 0.15) is 5.56 Å². The van der Waals surface area contributed by atoms with Crippen molar-refractivity contribution in [3.63, 3.8) is 0 Å². The van der Waals surface area contributed by atoms with Crippen LogP contribution in [0.15, 0.2) is 42.5 Å². The zero-order valence-corrected chi connectivity index (χ0v) is 18.7. The molecular weight excluding hydrogens is 489 g/mol. The number of benzene rings is 2. The summed E-state index contributed by atoms with van der Waals surface area (Å²) < 4.78 is 72.8. The minimum Gasteiger partial charge on any atom is -0.480 e. The number of hydrogen-bond acceptors (Lipinski definition) is 6. The number of halogens is 4. The molecule has 0 spiro atoms. The van der Waals surface area contributed by atoms with Crippen molar-refractivity contribution in [2.24, 2.45) is 0 Å². The predicted molar refractivity (Wildman–Crippen MR) is 114 cm³/mol. The van der Waals surface area contributed by atoms with E-state index in [1.807, 2.05) is 4.90 Å². The number of nitrogens with zero attached hydrogens (tertiary/aromatic N) is 2. The number of hydrogen-bond donors (Lipinski definition) is 1. The Kier molecular flexibility index (Phi) is 7.60. The summed E-state index contributed by atoms with van der Waals surface area (Å²) in [6.07, 6.45) is -4.82. The molecule has 0 unspecified atom stereocenters. The Morgan fingerprint density at radius 2 is 1.70 bits per heavy atom. The van der Waals surface area contributed by atoms with Crippen LogP contribution in [-0.4, -0.2) is 62.9 Å². The third kappa shape index (κ3) is 7.14. The summed E-state index contributed by atoms with van der Waals surface area (Å²) >= 11 is 6.06. The summed E-state index contributed by atoms with van der Waals surface area (Å²) in [5, 5.41) is 9.26. The molecule has 180 valence electrons. The number of carboxylic acid groups (broad SMARTS) is 1. The second-order valence-corrected chi connectivity index (χ2v) is 9.53. The minimum atomic E-state index is -4.82. The third-order valence-electron chi connectivity index (χ3n) is 4.75. The van der Waals surface area contributed by atoms with Gasteiger partial charge in [-0.2, -0.15) is 4.31 Å². The second kappa shape index (κ2) is 10.1. The molecule has 1 saturated heterocycles. The molecule has 33 heavy (non-hydrogen) atoms. The molecule has 3 rings (SSSR count). The summed E-state index contributed by atoms with van der Waals surface area (Å²) in [7, 11) is -3.72. The topological polar surface area (TPSA) is 96.4 Å². The maximum atomic E-state index is 12.8. The second-order valence-electron chi connectivity index (χ2n) is 7.13. The van der Waals surface area contributed by atoms with Crippen LogP contribution in [0.5, 0.6) is 11.5 Å². The largest absolute Gasteiger partial charge is 0.573 e. The Hall–Kier alpha value is -2.70. The van der Waals surface area contributed by atoms with Crippen molar-refractivity contribution in [1.29, 1.82) is 0 Å². The first-order valence-corrected chi connectivity index (χ1v) is 11.6. The lowest BCUT2D eigenvalue weighted by Gasteiger charge is -2.36. The molecule has 1 aliphatic heterocycles. The monoisotopic (exact) mass is 508 g/mol. The van der Waals surface area contributed by atoms with Gasteiger partial charge in [0.2, 0.25) is 10.0 Å². The van der Waals surface area contributed by atoms with Gasteiger partial charge in [0.05, 0.1) is 11.4 Å². The van der Waals surface area contributed by atoms with E-state index in [1.165, 1.54) is 16.4 Å². The van der Waals surface area contributed by atoms with Crippen LogP contribution in [0.3, 0.4) is 0 Å². The van der Waals surface area contributed by atoms with Crippen LogP contribution in [-0.2, 0) is 20.6 Å². The molecule has 2 aromatic carbocycles. The van der Waals surface area contributed by atoms with E-state index in [0.29, 0.717) is 35.1 Å². The Morgan fingerprint density at radius 3 is 2.27 bits per heavy atom. The number of alkyl halides is 3. The number of anilines is 1. The number of carbonyl (C=O) groups is 1. The van der Waals surface area contributed by atoms with Gasteiger partial charge in [-0.1, -0.05) is 23.7 Å². The predicted octanol–water partition coefficient (Wildman–Crippen LogP) is 3.35. The third-order valence-corrected chi connectivity index (χ3v) is 6.84. The molecule has 0 bridgehead atoms. The number of ether oxygens (including phenoxy) is 2. The Morgan fingerprint density at radius 1 is 1.06 bits per heavy atom. The van der Waals surface area contributed by atoms with Gasteiger partial charge in [-0.05, 0) is 35.9 Å². The fourth-order valence-electron chi connectivity index (χ4n) is 3.30. The summed E-state index contributed by atoms with van der Waals surface area (Å²) in [5.74, 6) is -1.62. The molecule has 0 saturated carbocycles. The average Bonchev–Trinajstić information content (AvgIpc) is 2.73. The number of rotatable bonds is 8. The molecule has 1 fully saturated rings. The lowest BCUT2D eigenvalue weighted by atomic mass is 10.2. The van der Waals surface area contributed by atoms with Crippen molar-refractivity contribution < 1.29 is 41.0 Å². The molecule has 1 heterocycles. The highest BCUT2D eigenvalue weighted by Gasteiger charge is 2.31. The van der Waals surface area contributed by atoms with Crippen molar-refractivity contribution in [3.8, 4) is 11.5 Å². The van der Waals surface area contributed by atoms with Gasteiger partial charge in [-0.25, -0.2) is 13.2 Å². The molecule has 13 heteroatoms. The van der Waals surface area contributed by atoms with Gasteiger partial charge in [0, 0.05) is 31.2 Å². The molecule has 0 atom stereocenters. The number of carboxylic acids is 1. The van der Waals surface area contributed by atoms with Gasteiger partial charge in [0.15, 0.2) is 6.61 Å². The van der Waals surface area contributed by atoms with Crippen LogP contribution in [0.2, 0.25) is 5.02 Å². The fourth-order valence-corrected chi connectivity index (χ4v) is 4.98. The van der Waals surface area contributed by atoms with Crippen LogP contribution >= 0.6 is 11.6 Å². The maximum Gasteiger partial charge on any atom is 0.573 e. The first-order valence-electron chi connectivity index (χ1n) is 9.64. The standard InChI is InChI=1S/C20H20ClF3N2O6S/c21-15-3-6-18(31-12-19(27)28)17(11-15)25-7-9-26(10-8-25)33(29,30)13-14-1-4-16(5-2-14)32-20(22,23)24/h1-6,11H,7-10,12-13H2,(H,27,28). The maximum absolute atomic E-state index is 12.8. The number of sulfonamides is 1. The highest BCUT2D eigenvalue weighted by atomic mass is 35.5. The zero-order chi connectivity index (χ0) is 24.2. The van der Waals surface area contributed by atoms with Crippen molar-refractivity contribution in [2.45, 2.75) is 12.1 Å². The van der Waals surface area contributed by atoms with Crippen molar-refractivity contribution >= 4 is 33.3 Å². The summed E-state index contributed by atoms with van der Waals surface area (Å²) in [6, 6.07) is 9.40. The van der Waals surface area contributed by atoms with Gasteiger partial charge < -0.3 is 19.5 Å².